The van der Waals surface area contributed by atoms with Gasteiger partial charge in [-0.15, -0.1) is 0 Å². The number of hydrogen-bond donors (Lipinski definition) is 2. The Morgan fingerprint density at radius 3 is 3.00 bits per heavy atom. The summed E-state index contributed by atoms with van der Waals surface area (Å²) in [6.45, 7) is 4.83. The van der Waals surface area contributed by atoms with Gasteiger partial charge in [0.05, 0.1) is 17.8 Å². The minimum Gasteiger partial charge on any atom is -0.373 e. The van der Waals surface area contributed by atoms with Crippen molar-refractivity contribution in [3.05, 3.63) is 29.8 Å². The molecule has 3 unspecified atom stereocenters. The number of ether oxygens (including phenoxy) is 1. The summed E-state index contributed by atoms with van der Waals surface area (Å²) in [6, 6.07) is 1.24. The minimum absolute atomic E-state index is 0.242. The van der Waals surface area contributed by atoms with Gasteiger partial charge in [-0.3, -0.25) is 16.3 Å². The zero-order valence-corrected chi connectivity index (χ0v) is 12.2. The molecule has 0 bridgehead atoms. The van der Waals surface area contributed by atoms with Crippen molar-refractivity contribution in [2.45, 2.75) is 51.2 Å². The predicted octanol–water partition coefficient (Wildman–Crippen LogP) is 2.71. The lowest BCUT2D eigenvalue weighted by molar-refractivity contribution is -0.102. The Morgan fingerprint density at radius 1 is 1.60 bits per heavy atom. The van der Waals surface area contributed by atoms with Gasteiger partial charge < -0.3 is 4.74 Å². The Balaban J connectivity index is 2.34. The summed E-state index contributed by atoms with van der Waals surface area (Å²) in [5.74, 6) is 5.99. The average Bonchev–Trinajstić information content (AvgIpc) is 2.39. The standard InChI is InChI=1S/C15H24FN3O/c1-3-20-15(6-4-5-11(2)8-15)14(19-17)12-7-13(16)10-18-9-12/h7,9-11,14,19H,3-6,8,17H2,1-2H3. The van der Waals surface area contributed by atoms with Crippen molar-refractivity contribution in [2.24, 2.45) is 11.8 Å². The van der Waals surface area contributed by atoms with Crippen LogP contribution in [0.15, 0.2) is 18.5 Å². The molecule has 0 radical (unpaired) electrons. The first-order valence-corrected chi connectivity index (χ1v) is 7.32. The first kappa shape index (κ1) is 15.4. The third-order valence-electron chi connectivity index (χ3n) is 4.17. The SMILES string of the molecule is CCOC1(C(NN)c2cncc(F)c2)CCCC(C)C1. The largest absolute Gasteiger partial charge is 0.373 e. The lowest BCUT2D eigenvalue weighted by Gasteiger charge is -2.45. The number of nitrogens with two attached hydrogens (primary N) is 1. The average molecular weight is 281 g/mol. The molecule has 20 heavy (non-hydrogen) atoms. The second-order valence-electron chi connectivity index (χ2n) is 5.74. The van der Waals surface area contributed by atoms with Crippen molar-refractivity contribution in [2.75, 3.05) is 6.61 Å². The Bertz CT molecular complexity index is 439. The Labute approximate surface area is 119 Å². The number of pyridine rings is 1. The van der Waals surface area contributed by atoms with Gasteiger partial charge in [-0.25, -0.2) is 4.39 Å². The van der Waals surface area contributed by atoms with Crippen molar-refractivity contribution in [3.63, 3.8) is 0 Å². The molecule has 1 aliphatic carbocycles. The van der Waals surface area contributed by atoms with Gasteiger partial charge in [-0.1, -0.05) is 19.8 Å². The lowest BCUT2D eigenvalue weighted by Crippen LogP contribution is -2.51. The zero-order valence-electron chi connectivity index (χ0n) is 12.2. The van der Waals surface area contributed by atoms with Crippen LogP contribution in [-0.4, -0.2) is 17.2 Å². The second-order valence-corrected chi connectivity index (χ2v) is 5.74. The first-order chi connectivity index (χ1) is 9.61. The van der Waals surface area contributed by atoms with E-state index in [2.05, 4.69) is 17.3 Å². The number of halogens is 1. The molecule has 4 nitrogen and oxygen atoms in total. The maximum absolute atomic E-state index is 13.4. The summed E-state index contributed by atoms with van der Waals surface area (Å²) in [5.41, 5.74) is 3.20. The number of aromatic nitrogens is 1. The van der Waals surface area contributed by atoms with E-state index in [4.69, 9.17) is 10.6 Å². The van der Waals surface area contributed by atoms with Crippen LogP contribution in [0.25, 0.3) is 0 Å². The van der Waals surface area contributed by atoms with Crippen molar-refractivity contribution in [1.82, 2.24) is 10.4 Å². The molecule has 0 spiro atoms. The summed E-state index contributed by atoms with van der Waals surface area (Å²) in [4.78, 5) is 3.93. The van der Waals surface area contributed by atoms with E-state index in [1.165, 1.54) is 18.7 Å². The van der Waals surface area contributed by atoms with E-state index in [0.717, 1.165) is 24.8 Å². The fourth-order valence-electron chi connectivity index (χ4n) is 3.45. The molecular formula is C15H24FN3O. The zero-order chi connectivity index (χ0) is 14.6. The maximum atomic E-state index is 13.4. The molecule has 1 heterocycles. The van der Waals surface area contributed by atoms with Crippen molar-refractivity contribution < 1.29 is 9.13 Å². The van der Waals surface area contributed by atoms with Gasteiger partial charge in [-0.2, -0.15) is 0 Å². The summed E-state index contributed by atoms with van der Waals surface area (Å²) in [5, 5.41) is 0. The van der Waals surface area contributed by atoms with Crippen LogP contribution in [-0.2, 0) is 4.74 Å². The quantitative estimate of drug-likeness (QED) is 0.643. The molecule has 0 aliphatic heterocycles. The van der Waals surface area contributed by atoms with E-state index < -0.39 is 0 Å². The molecule has 2 rings (SSSR count). The molecule has 1 aliphatic rings. The first-order valence-electron chi connectivity index (χ1n) is 7.32. The monoisotopic (exact) mass is 281 g/mol. The number of nitrogens with zero attached hydrogens (tertiary/aromatic N) is 1. The highest BCUT2D eigenvalue weighted by atomic mass is 19.1. The van der Waals surface area contributed by atoms with Crippen LogP contribution in [0.4, 0.5) is 4.39 Å². The van der Waals surface area contributed by atoms with Crippen LogP contribution in [0.3, 0.4) is 0 Å². The molecule has 5 heteroatoms. The van der Waals surface area contributed by atoms with Gasteiger partial charge >= 0.3 is 0 Å². The van der Waals surface area contributed by atoms with Crippen LogP contribution in [0.2, 0.25) is 0 Å². The van der Waals surface area contributed by atoms with Crippen molar-refractivity contribution in [1.29, 1.82) is 0 Å². The highest BCUT2D eigenvalue weighted by molar-refractivity contribution is 5.20. The molecule has 0 aromatic carbocycles. The minimum atomic E-state index is -0.378. The van der Waals surface area contributed by atoms with Crippen LogP contribution < -0.4 is 11.3 Å². The summed E-state index contributed by atoms with van der Waals surface area (Å²) in [7, 11) is 0. The smallest absolute Gasteiger partial charge is 0.141 e. The molecule has 3 N–H and O–H groups in total. The normalized spacial score (nSPS) is 28.3. The number of rotatable bonds is 5. The van der Waals surface area contributed by atoms with Gasteiger partial charge in [-0.05, 0) is 37.3 Å². The van der Waals surface area contributed by atoms with Gasteiger partial charge in [0.2, 0.25) is 0 Å². The predicted molar refractivity (Wildman–Crippen MR) is 76.2 cm³/mol. The van der Waals surface area contributed by atoms with E-state index in [1.54, 1.807) is 6.20 Å². The third-order valence-corrected chi connectivity index (χ3v) is 4.17. The molecular weight excluding hydrogens is 257 g/mol. The Morgan fingerprint density at radius 2 is 2.40 bits per heavy atom. The van der Waals surface area contributed by atoms with Crippen molar-refractivity contribution in [3.8, 4) is 0 Å². The molecule has 112 valence electrons. The topological polar surface area (TPSA) is 60.2 Å². The van der Waals surface area contributed by atoms with Gasteiger partial charge in [0.15, 0.2) is 0 Å². The summed E-state index contributed by atoms with van der Waals surface area (Å²) in [6.07, 6.45) is 7.01. The summed E-state index contributed by atoms with van der Waals surface area (Å²) < 4.78 is 19.5. The Hall–Kier alpha value is -1.04. The maximum Gasteiger partial charge on any atom is 0.141 e. The number of hydrogen-bond acceptors (Lipinski definition) is 4. The highest BCUT2D eigenvalue weighted by Crippen LogP contribution is 2.43. The highest BCUT2D eigenvalue weighted by Gasteiger charge is 2.43. The fraction of sp³-hybridized carbons (Fsp3) is 0.667. The van der Waals surface area contributed by atoms with Crippen LogP contribution >= 0.6 is 0 Å². The molecule has 1 aromatic heterocycles. The van der Waals surface area contributed by atoms with E-state index >= 15 is 0 Å². The van der Waals surface area contributed by atoms with E-state index in [9.17, 15) is 4.39 Å². The number of nitrogens with one attached hydrogen (secondary N) is 1. The second kappa shape index (κ2) is 6.61. The molecule has 3 atom stereocenters. The molecule has 1 saturated carbocycles. The van der Waals surface area contributed by atoms with Crippen LogP contribution in [0.1, 0.15) is 51.1 Å². The van der Waals surface area contributed by atoms with Gasteiger partial charge in [0.25, 0.3) is 0 Å². The Kier molecular flexibility index (Phi) is 5.07. The van der Waals surface area contributed by atoms with Crippen LogP contribution in [0, 0.1) is 11.7 Å². The van der Waals surface area contributed by atoms with E-state index in [1.807, 2.05) is 6.92 Å². The van der Waals surface area contributed by atoms with Gasteiger partial charge in [0, 0.05) is 12.8 Å². The van der Waals surface area contributed by atoms with Crippen molar-refractivity contribution >= 4 is 0 Å². The van der Waals surface area contributed by atoms with E-state index in [-0.39, 0.29) is 17.5 Å². The summed E-state index contributed by atoms with van der Waals surface area (Å²) >= 11 is 0. The lowest BCUT2D eigenvalue weighted by atomic mass is 9.73. The molecule has 0 saturated heterocycles. The third kappa shape index (κ3) is 3.16. The van der Waals surface area contributed by atoms with Crippen LogP contribution in [0.5, 0.6) is 0 Å². The van der Waals surface area contributed by atoms with Gasteiger partial charge in [0.1, 0.15) is 5.82 Å². The molecule has 0 amide bonds. The number of hydrazine groups is 1. The fourth-order valence-corrected chi connectivity index (χ4v) is 3.45. The molecule has 1 fully saturated rings. The molecule has 1 aromatic rings. The van der Waals surface area contributed by atoms with E-state index in [0.29, 0.717) is 12.5 Å².